The minimum Gasteiger partial charge on any atom is -0.352 e. The molecule has 21 heavy (non-hydrogen) atoms. The summed E-state index contributed by atoms with van der Waals surface area (Å²) in [4.78, 5) is 27.7. The number of hydrogen-bond donors (Lipinski definition) is 1. The van der Waals surface area contributed by atoms with Gasteiger partial charge in [-0.2, -0.15) is 0 Å². The number of amides is 2. The first-order valence-electron chi connectivity index (χ1n) is 7.02. The van der Waals surface area contributed by atoms with E-state index in [4.69, 9.17) is 11.6 Å². The molecular formula is C15H20ClN3O2. The van der Waals surface area contributed by atoms with E-state index in [1.54, 1.807) is 17.0 Å². The van der Waals surface area contributed by atoms with Crippen LogP contribution in [0.15, 0.2) is 24.3 Å². The van der Waals surface area contributed by atoms with Gasteiger partial charge in [-0.1, -0.05) is 23.7 Å². The molecule has 1 fully saturated rings. The molecule has 0 aliphatic carbocycles. The zero-order valence-electron chi connectivity index (χ0n) is 12.1. The van der Waals surface area contributed by atoms with Crippen LogP contribution in [0.2, 0.25) is 5.02 Å². The Labute approximate surface area is 129 Å². The molecule has 1 saturated heterocycles. The van der Waals surface area contributed by atoms with Crippen LogP contribution in [-0.4, -0.2) is 54.8 Å². The molecule has 5 nitrogen and oxygen atoms in total. The van der Waals surface area contributed by atoms with Crippen LogP contribution in [0.3, 0.4) is 0 Å². The Kier molecular flexibility index (Phi) is 5.59. The third-order valence-electron chi connectivity index (χ3n) is 3.57. The summed E-state index contributed by atoms with van der Waals surface area (Å²) in [6.07, 6.45) is -0.0860. The van der Waals surface area contributed by atoms with Crippen LogP contribution in [0.4, 0.5) is 0 Å². The predicted molar refractivity (Wildman–Crippen MR) is 82.0 cm³/mol. The molecule has 1 aromatic carbocycles. The average molecular weight is 310 g/mol. The van der Waals surface area contributed by atoms with Crippen molar-refractivity contribution in [1.29, 1.82) is 0 Å². The van der Waals surface area contributed by atoms with Gasteiger partial charge < -0.3 is 15.1 Å². The summed E-state index contributed by atoms with van der Waals surface area (Å²) in [5.41, 5.74) is 0.958. The molecule has 0 radical (unpaired) electrons. The van der Waals surface area contributed by atoms with Gasteiger partial charge in [0.15, 0.2) is 0 Å². The van der Waals surface area contributed by atoms with Crippen LogP contribution in [-0.2, 0) is 16.1 Å². The van der Waals surface area contributed by atoms with Gasteiger partial charge in [0.2, 0.25) is 11.8 Å². The van der Waals surface area contributed by atoms with Gasteiger partial charge in [0.05, 0.1) is 0 Å². The Balaban J connectivity index is 1.74. The van der Waals surface area contributed by atoms with Crippen LogP contribution < -0.4 is 5.32 Å². The van der Waals surface area contributed by atoms with E-state index >= 15 is 0 Å². The Bertz CT molecular complexity index is 496. The fourth-order valence-electron chi connectivity index (χ4n) is 2.17. The summed E-state index contributed by atoms with van der Waals surface area (Å²) < 4.78 is 0. The third kappa shape index (κ3) is 5.02. The van der Waals surface area contributed by atoms with E-state index in [0.29, 0.717) is 24.7 Å². The molecule has 1 aliphatic rings. The van der Waals surface area contributed by atoms with Crippen molar-refractivity contribution in [3.8, 4) is 0 Å². The second-order valence-corrected chi connectivity index (χ2v) is 5.70. The van der Waals surface area contributed by atoms with Gasteiger partial charge >= 0.3 is 0 Å². The highest BCUT2D eigenvalue weighted by atomic mass is 35.5. The molecule has 0 spiro atoms. The first kappa shape index (κ1) is 15.8. The standard InChI is InChI=1S/C15H20ClN3O2/c1-18-6-8-19(9-7-18)15(21)10-14(20)17-11-12-2-4-13(16)5-3-12/h2-5H,6-11H2,1H3,(H,17,20). The molecule has 0 atom stereocenters. The van der Waals surface area contributed by atoms with Gasteiger partial charge in [0.25, 0.3) is 0 Å². The predicted octanol–water partition coefficient (Wildman–Crippen LogP) is 1.12. The highest BCUT2D eigenvalue weighted by Crippen LogP contribution is 2.09. The fraction of sp³-hybridized carbons (Fsp3) is 0.467. The fourth-order valence-corrected chi connectivity index (χ4v) is 2.30. The lowest BCUT2D eigenvalue weighted by atomic mass is 10.2. The van der Waals surface area contributed by atoms with E-state index in [1.807, 2.05) is 19.2 Å². The van der Waals surface area contributed by atoms with Crippen molar-refractivity contribution in [3.05, 3.63) is 34.9 Å². The third-order valence-corrected chi connectivity index (χ3v) is 3.82. The van der Waals surface area contributed by atoms with Gasteiger partial charge in [0, 0.05) is 37.7 Å². The second kappa shape index (κ2) is 7.43. The molecule has 1 aromatic rings. The van der Waals surface area contributed by atoms with E-state index in [9.17, 15) is 9.59 Å². The minimum absolute atomic E-state index is 0.0860. The Morgan fingerprint density at radius 2 is 1.76 bits per heavy atom. The van der Waals surface area contributed by atoms with Crippen LogP contribution in [0.25, 0.3) is 0 Å². The highest BCUT2D eigenvalue weighted by molar-refractivity contribution is 6.30. The van der Waals surface area contributed by atoms with Gasteiger partial charge in [-0.05, 0) is 24.7 Å². The first-order chi connectivity index (χ1) is 10.0. The normalized spacial score (nSPS) is 15.8. The Morgan fingerprint density at radius 3 is 2.38 bits per heavy atom. The van der Waals surface area contributed by atoms with E-state index < -0.39 is 0 Å². The van der Waals surface area contributed by atoms with Crippen molar-refractivity contribution in [2.45, 2.75) is 13.0 Å². The molecule has 1 N–H and O–H groups in total. The molecule has 2 rings (SSSR count). The monoisotopic (exact) mass is 309 g/mol. The number of rotatable bonds is 4. The maximum absolute atomic E-state index is 12.0. The zero-order valence-corrected chi connectivity index (χ0v) is 12.9. The van der Waals surface area contributed by atoms with Crippen LogP contribution >= 0.6 is 11.6 Å². The number of carbonyl (C=O) groups is 2. The molecule has 114 valence electrons. The van der Waals surface area contributed by atoms with E-state index in [0.717, 1.165) is 18.7 Å². The van der Waals surface area contributed by atoms with Crippen molar-refractivity contribution in [2.24, 2.45) is 0 Å². The topological polar surface area (TPSA) is 52.7 Å². The van der Waals surface area contributed by atoms with Gasteiger partial charge in [0.1, 0.15) is 6.42 Å². The lowest BCUT2D eigenvalue weighted by molar-refractivity contribution is -0.137. The number of hydrogen-bond acceptors (Lipinski definition) is 3. The second-order valence-electron chi connectivity index (χ2n) is 5.26. The van der Waals surface area contributed by atoms with Crippen molar-refractivity contribution in [2.75, 3.05) is 33.2 Å². The number of piperazine rings is 1. The molecule has 0 bridgehead atoms. The smallest absolute Gasteiger partial charge is 0.232 e. The summed E-state index contributed by atoms with van der Waals surface area (Å²) in [7, 11) is 2.03. The van der Waals surface area contributed by atoms with E-state index in [-0.39, 0.29) is 18.2 Å². The molecule has 6 heteroatoms. The summed E-state index contributed by atoms with van der Waals surface area (Å²) in [6.45, 7) is 3.52. The maximum Gasteiger partial charge on any atom is 0.232 e. The molecular weight excluding hydrogens is 290 g/mol. The number of likely N-dealkylation sites (N-methyl/N-ethyl adjacent to an activating group) is 1. The number of halogens is 1. The van der Waals surface area contributed by atoms with Gasteiger partial charge in [-0.25, -0.2) is 0 Å². The van der Waals surface area contributed by atoms with Crippen LogP contribution in [0, 0.1) is 0 Å². The van der Waals surface area contributed by atoms with E-state index in [1.165, 1.54) is 0 Å². The summed E-state index contributed by atoms with van der Waals surface area (Å²) in [5, 5.41) is 3.42. The molecule has 2 amide bonds. The van der Waals surface area contributed by atoms with Crippen LogP contribution in [0.1, 0.15) is 12.0 Å². The minimum atomic E-state index is -0.242. The SMILES string of the molecule is CN1CCN(C(=O)CC(=O)NCc2ccc(Cl)cc2)CC1. The number of benzene rings is 1. The average Bonchev–Trinajstić information content (AvgIpc) is 2.47. The molecule has 1 heterocycles. The quantitative estimate of drug-likeness (QED) is 0.848. The first-order valence-corrected chi connectivity index (χ1v) is 7.40. The number of nitrogens with one attached hydrogen (secondary N) is 1. The maximum atomic E-state index is 12.0. The lowest BCUT2D eigenvalue weighted by Gasteiger charge is -2.32. The molecule has 1 aliphatic heterocycles. The number of nitrogens with zero attached hydrogens (tertiary/aromatic N) is 2. The largest absolute Gasteiger partial charge is 0.352 e. The van der Waals surface area contributed by atoms with Crippen molar-refractivity contribution in [1.82, 2.24) is 15.1 Å². The van der Waals surface area contributed by atoms with Gasteiger partial charge in [-0.3, -0.25) is 9.59 Å². The summed E-state index contributed by atoms with van der Waals surface area (Å²) in [5.74, 6) is -0.342. The summed E-state index contributed by atoms with van der Waals surface area (Å²) >= 11 is 5.80. The Morgan fingerprint density at radius 1 is 1.14 bits per heavy atom. The Hall–Kier alpha value is -1.59. The zero-order chi connectivity index (χ0) is 15.2. The van der Waals surface area contributed by atoms with Crippen molar-refractivity contribution >= 4 is 23.4 Å². The number of carbonyl (C=O) groups excluding carboxylic acids is 2. The lowest BCUT2D eigenvalue weighted by Crippen LogP contribution is -2.48. The van der Waals surface area contributed by atoms with Crippen molar-refractivity contribution < 1.29 is 9.59 Å². The molecule has 0 saturated carbocycles. The van der Waals surface area contributed by atoms with Crippen LogP contribution in [0.5, 0.6) is 0 Å². The van der Waals surface area contributed by atoms with Crippen molar-refractivity contribution in [3.63, 3.8) is 0 Å². The van der Waals surface area contributed by atoms with E-state index in [2.05, 4.69) is 10.2 Å². The molecule has 0 aromatic heterocycles. The molecule has 0 unspecified atom stereocenters. The summed E-state index contributed by atoms with van der Waals surface area (Å²) in [6, 6.07) is 7.26. The highest BCUT2D eigenvalue weighted by Gasteiger charge is 2.20. The van der Waals surface area contributed by atoms with Gasteiger partial charge in [-0.15, -0.1) is 0 Å².